The summed E-state index contributed by atoms with van der Waals surface area (Å²) < 4.78 is 13.7. The number of H-pyrrole nitrogens is 1. The summed E-state index contributed by atoms with van der Waals surface area (Å²) in [4.78, 5) is 31.3. The van der Waals surface area contributed by atoms with Crippen LogP contribution in [-0.4, -0.2) is 50.6 Å². The number of benzene rings is 1. The fraction of sp³-hybridized carbons (Fsp3) is 0.500. The fourth-order valence-electron chi connectivity index (χ4n) is 3.43. The number of rotatable bonds is 12. The third kappa shape index (κ3) is 5.50. The lowest BCUT2D eigenvalue weighted by Crippen LogP contribution is -2.31. The molecule has 0 radical (unpaired) electrons. The second-order valence-corrected chi connectivity index (χ2v) is 7.66. The molecule has 0 bridgehead atoms. The van der Waals surface area contributed by atoms with E-state index in [1.807, 2.05) is 0 Å². The number of hydrogen-bond donors (Lipinski definition) is 3. The van der Waals surface area contributed by atoms with Crippen LogP contribution in [0.4, 0.5) is 5.95 Å². The zero-order chi connectivity index (χ0) is 23.1. The van der Waals surface area contributed by atoms with Gasteiger partial charge in [0.2, 0.25) is 5.95 Å². The molecule has 0 amide bonds. The van der Waals surface area contributed by atoms with E-state index in [1.165, 1.54) is 4.57 Å². The predicted octanol–water partition coefficient (Wildman–Crippen LogP) is 1.86. The monoisotopic (exact) mass is 445 g/mol. The van der Waals surface area contributed by atoms with Crippen molar-refractivity contribution in [2.75, 3.05) is 25.6 Å². The number of aliphatic hydroxyl groups excluding tert-OH is 1. The molecule has 0 spiro atoms. The van der Waals surface area contributed by atoms with Crippen molar-refractivity contribution in [3.63, 3.8) is 0 Å². The van der Waals surface area contributed by atoms with Gasteiger partial charge in [0.05, 0.1) is 13.7 Å². The van der Waals surface area contributed by atoms with Crippen LogP contribution in [0.2, 0.25) is 0 Å². The number of aryl methyl sites for hydroxylation is 1. The van der Waals surface area contributed by atoms with Gasteiger partial charge in [0.15, 0.2) is 11.2 Å². The molecule has 10 nitrogen and oxygen atoms in total. The molecule has 0 fully saturated rings. The third-order valence-electron chi connectivity index (χ3n) is 5.22. The van der Waals surface area contributed by atoms with Gasteiger partial charge in [0.1, 0.15) is 24.2 Å². The highest BCUT2D eigenvalue weighted by atomic mass is 16.5. The molecule has 1 unspecified atom stereocenters. The van der Waals surface area contributed by atoms with E-state index in [-0.39, 0.29) is 24.3 Å². The SMILES string of the molecule is CCCCCCNc1nc2c(c(=O)[nH]c(=O)n2C)n1CC(O)COc1ccc(OC)cc1. The van der Waals surface area contributed by atoms with Crippen molar-refractivity contribution in [3.05, 3.63) is 45.1 Å². The van der Waals surface area contributed by atoms with E-state index in [0.717, 1.165) is 25.7 Å². The van der Waals surface area contributed by atoms with E-state index in [1.54, 1.807) is 43.0 Å². The van der Waals surface area contributed by atoms with Crippen LogP contribution in [0.3, 0.4) is 0 Å². The minimum Gasteiger partial charge on any atom is -0.497 e. The van der Waals surface area contributed by atoms with Gasteiger partial charge in [-0.05, 0) is 30.7 Å². The average Bonchev–Trinajstić information content (AvgIpc) is 3.15. The Bertz CT molecular complexity index is 1130. The summed E-state index contributed by atoms with van der Waals surface area (Å²) in [5.74, 6) is 1.74. The van der Waals surface area contributed by atoms with Crippen LogP contribution in [-0.2, 0) is 13.6 Å². The van der Waals surface area contributed by atoms with Crippen molar-refractivity contribution in [3.8, 4) is 11.5 Å². The molecule has 0 aliphatic carbocycles. The molecule has 3 aromatic rings. The van der Waals surface area contributed by atoms with Crippen LogP contribution in [0.5, 0.6) is 11.5 Å². The van der Waals surface area contributed by atoms with Crippen LogP contribution in [0, 0.1) is 0 Å². The summed E-state index contributed by atoms with van der Waals surface area (Å²) in [5.41, 5.74) is -0.590. The minimum atomic E-state index is -0.910. The molecule has 0 saturated heterocycles. The number of unbranched alkanes of at least 4 members (excludes halogenated alkanes) is 3. The van der Waals surface area contributed by atoms with Crippen LogP contribution in [0.1, 0.15) is 32.6 Å². The molecule has 0 aliphatic rings. The van der Waals surface area contributed by atoms with E-state index in [2.05, 4.69) is 22.2 Å². The predicted molar refractivity (Wildman–Crippen MR) is 123 cm³/mol. The molecule has 1 atom stereocenters. The summed E-state index contributed by atoms with van der Waals surface area (Å²) in [6, 6.07) is 7.04. The standard InChI is InChI=1S/C22H31N5O5/c1-4-5-6-7-12-23-21-24-19-18(20(29)25-22(30)26(19)2)27(21)13-15(28)14-32-17-10-8-16(31-3)9-11-17/h8-11,15,28H,4-7,12-14H2,1-3H3,(H,23,24)(H,25,29,30). The Morgan fingerprint density at radius 2 is 1.88 bits per heavy atom. The van der Waals surface area contributed by atoms with E-state index in [0.29, 0.717) is 24.0 Å². The molecule has 10 heteroatoms. The molecule has 32 heavy (non-hydrogen) atoms. The fourth-order valence-corrected chi connectivity index (χ4v) is 3.43. The smallest absolute Gasteiger partial charge is 0.329 e. The van der Waals surface area contributed by atoms with Crippen LogP contribution < -0.4 is 26.0 Å². The summed E-state index contributed by atoms with van der Waals surface area (Å²) in [7, 11) is 3.13. The maximum absolute atomic E-state index is 12.5. The zero-order valence-electron chi connectivity index (χ0n) is 18.8. The lowest BCUT2D eigenvalue weighted by Gasteiger charge is -2.16. The van der Waals surface area contributed by atoms with Gasteiger partial charge in [-0.2, -0.15) is 4.98 Å². The third-order valence-corrected chi connectivity index (χ3v) is 5.22. The van der Waals surface area contributed by atoms with Crippen LogP contribution >= 0.6 is 0 Å². The highest BCUT2D eigenvalue weighted by molar-refractivity contribution is 5.74. The first-order valence-electron chi connectivity index (χ1n) is 10.8. The number of hydrogen-bond acceptors (Lipinski definition) is 7. The Balaban J connectivity index is 1.78. The highest BCUT2D eigenvalue weighted by Crippen LogP contribution is 2.19. The van der Waals surface area contributed by atoms with Gasteiger partial charge in [-0.1, -0.05) is 26.2 Å². The van der Waals surface area contributed by atoms with Crippen molar-refractivity contribution >= 4 is 17.1 Å². The van der Waals surface area contributed by atoms with Crippen molar-refractivity contribution in [1.29, 1.82) is 0 Å². The van der Waals surface area contributed by atoms with Gasteiger partial charge in [-0.3, -0.25) is 14.3 Å². The number of aromatic nitrogens is 4. The number of aliphatic hydroxyl groups is 1. The Morgan fingerprint density at radius 3 is 2.56 bits per heavy atom. The quantitative estimate of drug-likeness (QED) is 0.364. The number of fused-ring (bicyclic) bond motifs is 1. The summed E-state index contributed by atoms with van der Waals surface area (Å²) in [6.07, 6.45) is 3.41. The van der Waals surface area contributed by atoms with Crippen molar-refractivity contribution < 1.29 is 14.6 Å². The van der Waals surface area contributed by atoms with Gasteiger partial charge in [-0.25, -0.2) is 4.79 Å². The summed E-state index contributed by atoms with van der Waals surface area (Å²) in [5, 5.41) is 13.9. The highest BCUT2D eigenvalue weighted by Gasteiger charge is 2.19. The molecule has 3 rings (SSSR count). The van der Waals surface area contributed by atoms with E-state index in [4.69, 9.17) is 9.47 Å². The Kier molecular flexibility index (Phi) is 7.93. The molecule has 3 N–H and O–H groups in total. The molecular weight excluding hydrogens is 414 g/mol. The Labute approximate surface area is 185 Å². The number of ether oxygens (including phenoxy) is 2. The van der Waals surface area contributed by atoms with Gasteiger partial charge in [-0.15, -0.1) is 0 Å². The molecule has 2 heterocycles. The van der Waals surface area contributed by atoms with Crippen molar-refractivity contribution in [1.82, 2.24) is 19.1 Å². The normalized spacial score (nSPS) is 12.1. The zero-order valence-corrected chi connectivity index (χ0v) is 18.8. The Morgan fingerprint density at radius 1 is 1.16 bits per heavy atom. The molecule has 0 saturated carbocycles. The van der Waals surface area contributed by atoms with Crippen molar-refractivity contribution in [2.45, 2.75) is 45.3 Å². The molecule has 2 aromatic heterocycles. The molecule has 1 aromatic carbocycles. The first-order valence-corrected chi connectivity index (χ1v) is 10.8. The number of nitrogens with zero attached hydrogens (tertiary/aromatic N) is 3. The average molecular weight is 446 g/mol. The van der Waals surface area contributed by atoms with Crippen molar-refractivity contribution in [2.24, 2.45) is 7.05 Å². The molecular formula is C22H31N5O5. The minimum absolute atomic E-state index is 0.0195. The van der Waals surface area contributed by atoms with Crippen LogP contribution in [0.15, 0.2) is 33.9 Å². The largest absolute Gasteiger partial charge is 0.497 e. The second-order valence-electron chi connectivity index (χ2n) is 7.66. The summed E-state index contributed by atoms with van der Waals surface area (Å²) in [6.45, 7) is 2.92. The maximum Gasteiger partial charge on any atom is 0.329 e. The number of methoxy groups -OCH3 is 1. The maximum atomic E-state index is 12.5. The molecule has 0 aliphatic heterocycles. The van der Waals surface area contributed by atoms with Gasteiger partial charge < -0.3 is 24.5 Å². The second kappa shape index (κ2) is 10.9. The van der Waals surface area contributed by atoms with E-state index < -0.39 is 17.4 Å². The van der Waals surface area contributed by atoms with E-state index >= 15 is 0 Å². The lowest BCUT2D eigenvalue weighted by atomic mass is 10.2. The first-order chi connectivity index (χ1) is 15.4. The van der Waals surface area contributed by atoms with Crippen LogP contribution in [0.25, 0.3) is 11.2 Å². The van der Waals surface area contributed by atoms with Gasteiger partial charge in [0.25, 0.3) is 5.56 Å². The van der Waals surface area contributed by atoms with E-state index in [9.17, 15) is 14.7 Å². The molecule has 174 valence electrons. The summed E-state index contributed by atoms with van der Waals surface area (Å²) >= 11 is 0. The number of aromatic amines is 1. The number of imidazole rings is 1. The first kappa shape index (κ1) is 23.4. The lowest BCUT2D eigenvalue weighted by molar-refractivity contribution is 0.0938. The van der Waals surface area contributed by atoms with Gasteiger partial charge in [0, 0.05) is 13.6 Å². The van der Waals surface area contributed by atoms with Gasteiger partial charge >= 0.3 is 5.69 Å². The topological polar surface area (TPSA) is 123 Å². The number of nitrogens with one attached hydrogen (secondary N) is 2. The number of anilines is 1. The Hall–Kier alpha value is -3.27.